The first-order chi connectivity index (χ1) is 10.1. The van der Waals surface area contributed by atoms with Gasteiger partial charge in [0.1, 0.15) is 4.90 Å². The largest absolute Gasteiger partial charge is 0.355 e. The smallest absolute Gasteiger partial charge is 0.246 e. The molecule has 1 aliphatic rings. The molecule has 0 spiro atoms. The van der Waals surface area contributed by atoms with Crippen LogP contribution in [-0.4, -0.2) is 41.8 Å². The lowest BCUT2D eigenvalue weighted by Gasteiger charge is -2.28. The predicted octanol–water partition coefficient (Wildman–Crippen LogP) is 2.25. The molecule has 0 radical (unpaired) electrons. The Kier molecular flexibility index (Phi) is 5.52. The fourth-order valence-corrected chi connectivity index (χ4v) is 4.37. The Morgan fingerprint density at radius 2 is 1.95 bits per heavy atom. The quantitative estimate of drug-likeness (QED) is 0.902. The van der Waals surface area contributed by atoms with E-state index in [4.69, 9.17) is 0 Å². The van der Waals surface area contributed by atoms with Crippen LogP contribution in [0, 0.1) is 0 Å². The first-order valence-corrected chi connectivity index (χ1v) is 9.11. The number of anilines is 1. The Morgan fingerprint density at radius 1 is 1.24 bits per heavy atom. The van der Waals surface area contributed by atoms with Gasteiger partial charge in [-0.2, -0.15) is 4.31 Å². The van der Waals surface area contributed by atoms with Crippen molar-refractivity contribution in [2.45, 2.75) is 56.9 Å². The van der Waals surface area contributed by atoms with Crippen LogP contribution in [0.15, 0.2) is 17.3 Å². The van der Waals surface area contributed by atoms with E-state index in [0.29, 0.717) is 19.0 Å². The lowest BCUT2D eigenvalue weighted by Crippen LogP contribution is -2.39. The summed E-state index contributed by atoms with van der Waals surface area (Å²) in [5.41, 5.74) is 0. The van der Waals surface area contributed by atoms with Gasteiger partial charge in [0.25, 0.3) is 0 Å². The molecule has 1 N–H and O–H groups in total. The highest BCUT2D eigenvalue weighted by Crippen LogP contribution is 2.25. The molecule has 2 heterocycles. The molecule has 0 aliphatic carbocycles. The van der Waals surface area contributed by atoms with Crippen LogP contribution < -0.4 is 5.32 Å². The highest BCUT2D eigenvalue weighted by atomic mass is 32.2. The molecule has 7 heteroatoms. The molecule has 0 amide bonds. The maximum atomic E-state index is 12.8. The molecule has 1 aliphatic heterocycles. The van der Waals surface area contributed by atoms with Gasteiger partial charge >= 0.3 is 0 Å². The van der Waals surface area contributed by atoms with Crippen LogP contribution in [0.4, 0.5) is 5.95 Å². The monoisotopic (exact) mass is 312 g/mol. The minimum Gasteiger partial charge on any atom is -0.355 e. The molecule has 1 fully saturated rings. The number of nitrogens with one attached hydrogen (secondary N) is 1. The molecular formula is C14H24N4O2S. The van der Waals surface area contributed by atoms with E-state index in [1.54, 1.807) is 4.31 Å². The van der Waals surface area contributed by atoms with Crippen molar-refractivity contribution >= 4 is 16.0 Å². The van der Waals surface area contributed by atoms with Crippen molar-refractivity contribution in [3.8, 4) is 0 Å². The van der Waals surface area contributed by atoms with E-state index in [1.165, 1.54) is 12.4 Å². The number of aromatic nitrogens is 2. The lowest BCUT2D eigenvalue weighted by atomic mass is 10.1. The third kappa shape index (κ3) is 3.71. The Labute approximate surface area is 127 Å². The first-order valence-electron chi connectivity index (χ1n) is 7.67. The van der Waals surface area contributed by atoms with Crippen molar-refractivity contribution in [3.63, 3.8) is 0 Å². The zero-order chi connectivity index (χ0) is 15.3. The van der Waals surface area contributed by atoms with Gasteiger partial charge in [0, 0.05) is 19.1 Å². The molecule has 1 aromatic rings. The number of sulfonamides is 1. The maximum absolute atomic E-state index is 12.8. The molecule has 2 rings (SSSR count). The van der Waals surface area contributed by atoms with Crippen LogP contribution in [0.1, 0.15) is 46.0 Å². The summed E-state index contributed by atoms with van der Waals surface area (Å²) in [5, 5.41) is 2.97. The topological polar surface area (TPSA) is 75.2 Å². The van der Waals surface area contributed by atoms with Gasteiger partial charge in [-0.15, -0.1) is 0 Å². The van der Waals surface area contributed by atoms with E-state index >= 15 is 0 Å². The van der Waals surface area contributed by atoms with E-state index in [9.17, 15) is 8.42 Å². The number of nitrogens with zero attached hydrogens (tertiary/aromatic N) is 3. The Morgan fingerprint density at radius 3 is 2.57 bits per heavy atom. The molecule has 1 unspecified atom stereocenters. The van der Waals surface area contributed by atoms with Crippen LogP contribution in [0.25, 0.3) is 0 Å². The van der Waals surface area contributed by atoms with Crippen LogP contribution >= 0.6 is 0 Å². The van der Waals surface area contributed by atoms with Gasteiger partial charge in [-0.05, 0) is 26.2 Å². The second kappa shape index (κ2) is 7.17. The van der Waals surface area contributed by atoms with Crippen molar-refractivity contribution in [1.82, 2.24) is 14.3 Å². The summed E-state index contributed by atoms with van der Waals surface area (Å²) in [6.45, 7) is 5.28. The van der Waals surface area contributed by atoms with Gasteiger partial charge in [-0.25, -0.2) is 18.4 Å². The SMILES string of the molecule is CCNc1ncc(S(=O)(=O)N2CCCCCC2CC)cn1. The van der Waals surface area contributed by atoms with E-state index in [1.807, 2.05) is 13.8 Å². The van der Waals surface area contributed by atoms with Crippen molar-refractivity contribution in [1.29, 1.82) is 0 Å². The predicted molar refractivity (Wildman–Crippen MR) is 82.6 cm³/mol. The van der Waals surface area contributed by atoms with Crippen LogP contribution in [-0.2, 0) is 10.0 Å². The standard InChI is InChI=1S/C14H24N4O2S/c1-3-12-8-6-5-7-9-18(12)21(19,20)13-10-16-14(15-4-2)17-11-13/h10-12H,3-9H2,1-2H3,(H,15,16,17). The number of hydrogen-bond acceptors (Lipinski definition) is 5. The van der Waals surface area contributed by atoms with E-state index in [0.717, 1.165) is 32.1 Å². The molecule has 1 atom stereocenters. The Hall–Kier alpha value is -1.21. The Balaban J connectivity index is 2.26. The summed E-state index contributed by atoms with van der Waals surface area (Å²) in [4.78, 5) is 8.34. The highest BCUT2D eigenvalue weighted by Gasteiger charge is 2.31. The fraction of sp³-hybridized carbons (Fsp3) is 0.714. The fourth-order valence-electron chi connectivity index (χ4n) is 2.71. The zero-order valence-corrected chi connectivity index (χ0v) is 13.6. The van der Waals surface area contributed by atoms with Crippen LogP contribution in [0.3, 0.4) is 0 Å². The second-order valence-corrected chi connectivity index (χ2v) is 7.19. The summed E-state index contributed by atoms with van der Waals surface area (Å²) >= 11 is 0. The molecule has 0 aromatic carbocycles. The summed E-state index contributed by atoms with van der Waals surface area (Å²) in [6, 6.07) is 0.0888. The molecular weight excluding hydrogens is 288 g/mol. The molecule has 118 valence electrons. The van der Waals surface area contributed by atoms with Gasteiger partial charge < -0.3 is 5.32 Å². The second-order valence-electron chi connectivity index (χ2n) is 5.30. The van der Waals surface area contributed by atoms with Crippen molar-refractivity contribution in [3.05, 3.63) is 12.4 Å². The van der Waals surface area contributed by atoms with Gasteiger partial charge in [0.05, 0.1) is 12.4 Å². The van der Waals surface area contributed by atoms with Crippen LogP contribution in [0.5, 0.6) is 0 Å². The molecule has 1 saturated heterocycles. The summed E-state index contributed by atoms with van der Waals surface area (Å²) in [6.07, 6.45) is 7.70. The average Bonchev–Trinajstić information content (AvgIpc) is 2.73. The van der Waals surface area contributed by atoms with E-state index in [-0.39, 0.29) is 10.9 Å². The van der Waals surface area contributed by atoms with Gasteiger partial charge in [0.2, 0.25) is 16.0 Å². The lowest BCUT2D eigenvalue weighted by molar-refractivity contribution is 0.315. The van der Waals surface area contributed by atoms with E-state index in [2.05, 4.69) is 15.3 Å². The van der Waals surface area contributed by atoms with E-state index < -0.39 is 10.0 Å². The molecule has 21 heavy (non-hydrogen) atoms. The summed E-state index contributed by atoms with van der Waals surface area (Å²) in [7, 11) is -3.50. The highest BCUT2D eigenvalue weighted by molar-refractivity contribution is 7.89. The molecule has 0 saturated carbocycles. The molecule has 1 aromatic heterocycles. The molecule has 6 nitrogen and oxygen atoms in total. The Bertz CT molecular complexity index is 545. The van der Waals surface area contributed by atoms with Gasteiger partial charge in [-0.3, -0.25) is 0 Å². The minimum absolute atomic E-state index is 0.0888. The summed E-state index contributed by atoms with van der Waals surface area (Å²) < 4.78 is 27.3. The maximum Gasteiger partial charge on any atom is 0.246 e. The van der Waals surface area contributed by atoms with Crippen molar-refractivity contribution < 1.29 is 8.42 Å². The zero-order valence-electron chi connectivity index (χ0n) is 12.7. The third-order valence-corrected chi connectivity index (χ3v) is 5.77. The summed E-state index contributed by atoms with van der Waals surface area (Å²) in [5.74, 6) is 0.458. The van der Waals surface area contributed by atoms with Gasteiger partial charge in [0.15, 0.2) is 0 Å². The van der Waals surface area contributed by atoms with Crippen molar-refractivity contribution in [2.24, 2.45) is 0 Å². The number of rotatable bonds is 5. The minimum atomic E-state index is -3.50. The van der Waals surface area contributed by atoms with Crippen molar-refractivity contribution in [2.75, 3.05) is 18.4 Å². The normalized spacial score (nSPS) is 21.0. The number of hydrogen-bond donors (Lipinski definition) is 1. The first kappa shape index (κ1) is 16.2. The third-order valence-electron chi connectivity index (χ3n) is 3.86. The molecule has 0 bridgehead atoms. The van der Waals surface area contributed by atoms with Gasteiger partial charge in [-0.1, -0.05) is 19.8 Å². The van der Waals surface area contributed by atoms with Crippen LogP contribution in [0.2, 0.25) is 0 Å². The average molecular weight is 312 g/mol.